The summed E-state index contributed by atoms with van der Waals surface area (Å²) in [7, 11) is 1.53. The molecule has 1 aromatic heterocycles. The van der Waals surface area contributed by atoms with E-state index in [-0.39, 0.29) is 11.3 Å². The summed E-state index contributed by atoms with van der Waals surface area (Å²) in [5, 5.41) is 11.0. The van der Waals surface area contributed by atoms with Gasteiger partial charge in [-0.2, -0.15) is 0 Å². The van der Waals surface area contributed by atoms with Crippen LogP contribution in [0.5, 0.6) is 5.75 Å². The fourth-order valence-corrected chi connectivity index (χ4v) is 3.72. The molecule has 1 N–H and O–H groups in total. The molecule has 1 aliphatic rings. The summed E-state index contributed by atoms with van der Waals surface area (Å²) in [5.74, 6) is -0.945. The van der Waals surface area contributed by atoms with Crippen LogP contribution in [0.2, 0.25) is 0 Å². The average molecular weight is 409 g/mol. The number of aromatic nitrogens is 1. The van der Waals surface area contributed by atoms with Crippen molar-refractivity contribution in [1.29, 1.82) is 0 Å². The van der Waals surface area contributed by atoms with Crippen molar-refractivity contribution in [1.82, 2.24) is 14.8 Å². The van der Waals surface area contributed by atoms with E-state index in [0.29, 0.717) is 24.4 Å². The third kappa shape index (κ3) is 4.21. The number of likely N-dealkylation sites (N-methyl/N-ethyl adjacent to an activating group) is 1. The van der Waals surface area contributed by atoms with Gasteiger partial charge in [0.2, 0.25) is 0 Å². The number of aliphatic hydroxyl groups excluding tert-OH is 1. The van der Waals surface area contributed by atoms with Crippen LogP contribution in [0.1, 0.15) is 31.0 Å². The Morgan fingerprint density at radius 1 is 1.17 bits per heavy atom. The molecule has 1 atom stereocenters. The quantitative estimate of drug-likeness (QED) is 0.410. The number of likely N-dealkylation sites (tertiary alicyclic amines) is 1. The van der Waals surface area contributed by atoms with Gasteiger partial charge in [0.05, 0.1) is 18.7 Å². The monoisotopic (exact) mass is 409 g/mol. The van der Waals surface area contributed by atoms with Crippen molar-refractivity contribution < 1.29 is 19.4 Å². The van der Waals surface area contributed by atoms with Gasteiger partial charge in [-0.3, -0.25) is 14.6 Å². The molecular weight excluding hydrogens is 382 g/mol. The number of amides is 1. The zero-order chi connectivity index (χ0) is 21.7. The number of aliphatic hydroxyl groups is 1. The zero-order valence-electron chi connectivity index (χ0n) is 17.5. The summed E-state index contributed by atoms with van der Waals surface area (Å²) < 4.78 is 5.23. The molecule has 0 bridgehead atoms. The van der Waals surface area contributed by atoms with Crippen molar-refractivity contribution in [2.24, 2.45) is 0 Å². The summed E-state index contributed by atoms with van der Waals surface area (Å²) in [4.78, 5) is 33.7. The Morgan fingerprint density at radius 3 is 2.50 bits per heavy atom. The number of hydrogen-bond acceptors (Lipinski definition) is 6. The lowest BCUT2D eigenvalue weighted by molar-refractivity contribution is -0.140. The number of ether oxygens (including phenoxy) is 1. The van der Waals surface area contributed by atoms with Crippen LogP contribution in [-0.2, 0) is 9.59 Å². The molecule has 7 nitrogen and oxygen atoms in total. The lowest BCUT2D eigenvalue weighted by Gasteiger charge is -2.28. The minimum absolute atomic E-state index is 0.0824. The van der Waals surface area contributed by atoms with E-state index >= 15 is 0 Å². The van der Waals surface area contributed by atoms with Crippen molar-refractivity contribution in [3.8, 4) is 5.75 Å². The average Bonchev–Trinajstić information content (AvgIpc) is 3.04. The second-order valence-electron chi connectivity index (χ2n) is 7.03. The van der Waals surface area contributed by atoms with E-state index in [0.717, 1.165) is 18.7 Å². The molecule has 3 rings (SSSR count). The van der Waals surface area contributed by atoms with Gasteiger partial charge in [-0.1, -0.05) is 26.0 Å². The van der Waals surface area contributed by atoms with Gasteiger partial charge in [-0.15, -0.1) is 0 Å². The van der Waals surface area contributed by atoms with E-state index < -0.39 is 17.7 Å². The second-order valence-corrected chi connectivity index (χ2v) is 7.03. The first-order valence-electron chi connectivity index (χ1n) is 10.1. The molecule has 1 aliphatic heterocycles. The molecule has 1 saturated heterocycles. The number of carbonyl (C=O) groups excluding carboxylic acids is 2. The SMILES string of the molecule is CCN(CC)CCN1C(=O)C(=O)/C(=C(\O)c2cccc(OC)c2)C1c1ccncc1. The summed E-state index contributed by atoms with van der Waals surface area (Å²) in [5.41, 5.74) is 1.24. The smallest absolute Gasteiger partial charge is 0.295 e. The van der Waals surface area contributed by atoms with Gasteiger partial charge in [0, 0.05) is 31.0 Å². The van der Waals surface area contributed by atoms with Crippen LogP contribution in [0.4, 0.5) is 0 Å². The van der Waals surface area contributed by atoms with Gasteiger partial charge >= 0.3 is 0 Å². The van der Waals surface area contributed by atoms with E-state index in [1.165, 1.54) is 7.11 Å². The first-order valence-corrected chi connectivity index (χ1v) is 10.1. The second kappa shape index (κ2) is 9.54. The molecule has 7 heteroatoms. The maximum absolute atomic E-state index is 13.0. The molecular formula is C23H27N3O4. The molecule has 2 aromatic rings. The minimum atomic E-state index is -0.684. The number of nitrogens with zero attached hydrogens (tertiary/aromatic N) is 3. The highest BCUT2D eigenvalue weighted by atomic mass is 16.5. The third-order valence-corrected chi connectivity index (χ3v) is 5.46. The minimum Gasteiger partial charge on any atom is -0.507 e. The Hall–Kier alpha value is -3.19. The Bertz CT molecular complexity index is 938. The van der Waals surface area contributed by atoms with Gasteiger partial charge in [-0.05, 0) is 42.9 Å². The highest BCUT2D eigenvalue weighted by molar-refractivity contribution is 6.46. The Labute approximate surface area is 176 Å². The van der Waals surface area contributed by atoms with Crippen LogP contribution < -0.4 is 4.74 Å². The molecule has 158 valence electrons. The van der Waals surface area contributed by atoms with Crippen molar-refractivity contribution in [3.05, 3.63) is 65.5 Å². The normalized spacial score (nSPS) is 18.3. The summed E-state index contributed by atoms with van der Waals surface area (Å²) in [6, 6.07) is 9.66. The van der Waals surface area contributed by atoms with Crippen LogP contribution in [0.3, 0.4) is 0 Å². The van der Waals surface area contributed by atoms with E-state index in [9.17, 15) is 14.7 Å². The topological polar surface area (TPSA) is 83.0 Å². The Kier molecular flexibility index (Phi) is 6.84. The number of rotatable bonds is 8. The number of hydrogen-bond donors (Lipinski definition) is 1. The molecule has 2 heterocycles. The predicted octanol–water partition coefficient (Wildman–Crippen LogP) is 2.85. The van der Waals surface area contributed by atoms with Gasteiger partial charge in [0.15, 0.2) is 0 Å². The summed E-state index contributed by atoms with van der Waals surface area (Å²) >= 11 is 0. The van der Waals surface area contributed by atoms with Crippen molar-refractivity contribution in [2.45, 2.75) is 19.9 Å². The van der Waals surface area contributed by atoms with Gasteiger partial charge in [0.1, 0.15) is 11.5 Å². The molecule has 1 unspecified atom stereocenters. The lowest BCUT2D eigenvalue weighted by atomic mass is 9.96. The van der Waals surface area contributed by atoms with Crippen LogP contribution >= 0.6 is 0 Å². The zero-order valence-corrected chi connectivity index (χ0v) is 17.5. The first kappa shape index (κ1) is 21.5. The number of benzene rings is 1. The third-order valence-electron chi connectivity index (χ3n) is 5.46. The predicted molar refractivity (Wildman–Crippen MR) is 114 cm³/mol. The van der Waals surface area contributed by atoms with Gasteiger partial charge in [0.25, 0.3) is 11.7 Å². The standard InChI is InChI=1S/C23H27N3O4/c1-4-25(5-2)13-14-26-20(16-9-11-24-12-10-16)19(22(28)23(26)29)21(27)17-7-6-8-18(15-17)30-3/h6-12,15,20,27H,4-5,13-14H2,1-3H3/b21-19-. The van der Waals surface area contributed by atoms with Crippen LogP contribution in [0, 0.1) is 0 Å². The van der Waals surface area contributed by atoms with Crippen LogP contribution in [0.15, 0.2) is 54.4 Å². The van der Waals surface area contributed by atoms with Crippen molar-refractivity contribution in [3.63, 3.8) is 0 Å². The largest absolute Gasteiger partial charge is 0.507 e. The molecule has 1 fully saturated rings. The number of methoxy groups -OCH3 is 1. The molecule has 0 spiro atoms. The highest BCUT2D eigenvalue weighted by Crippen LogP contribution is 2.39. The van der Waals surface area contributed by atoms with E-state index in [4.69, 9.17) is 4.74 Å². The van der Waals surface area contributed by atoms with E-state index in [1.807, 2.05) is 0 Å². The van der Waals surface area contributed by atoms with Gasteiger partial charge in [-0.25, -0.2) is 0 Å². The first-order chi connectivity index (χ1) is 14.5. The fraction of sp³-hybridized carbons (Fsp3) is 0.348. The molecule has 1 aromatic carbocycles. The van der Waals surface area contributed by atoms with E-state index in [2.05, 4.69) is 23.7 Å². The van der Waals surface area contributed by atoms with E-state index in [1.54, 1.807) is 53.7 Å². The lowest BCUT2D eigenvalue weighted by Crippen LogP contribution is -2.38. The van der Waals surface area contributed by atoms with Crippen molar-refractivity contribution in [2.75, 3.05) is 33.3 Å². The van der Waals surface area contributed by atoms with Crippen molar-refractivity contribution >= 4 is 17.4 Å². The number of pyridine rings is 1. The maximum atomic E-state index is 13.0. The fourth-order valence-electron chi connectivity index (χ4n) is 3.72. The molecule has 1 amide bonds. The van der Waals surface area contributed by atoms with Crippen LogP contribution in [0.25, 0.3) is 5.76 Å². The Morgan fingerprint density at radius 2 is 1.87 bits per heavy atom. The number of carbonyl (C=O) groups is 2. The van der Waals surface area contributed by atoms with Crippen LogP contribution in [-0.4, -0.2) is 64.9 Å². The highest BCUT2D eigenvalue weighted by Gasteiger charge is 2.45. The molecule has 0 radical (unpaired) electrons. The molecule has 0 saturated carbocycles. The maximum Gasteiger partial charge on any atom is 0.295 e. The molecule has 30 heavy (non-hydrogen) atoms. The molecule has 0 aliphatic carbocycles. The Balaban J connectivity index is 2.08. The number of ketones is 1. The summed E-state index contributed by atoms with van der Waals surface area (Å²) in [6.45, 7) is 6.84. The summed E-state index contributed by atoms with van der Waals surface area (Å²) in [6.07, 6.45) is 3.23. The van der Waals surface area contributed by atoms with Gasteiger partial charge < -0.3 is 19.6 Å². The number of Topliss-reactive ketones (excluding diaryl/α,β-unsaturated/α-hetero) is 1.